The summed E-state index contributed by atoms with van der Waals surface area (Å²) in [7, 11) is 0. The first-order valence-electron chi connectivity index (χ1n) is 18.3. The van der Waals surface area contributed by atoms with Gasteiger partial charge in [0.2, 0.25) is 0 Å². The highest BCUT2D eigenvalue weighted by Gasteiger charge is 2.26. The highest BCUT2D eigenvalue weighted by Crippen LogP contribution is 2.46. The zero-order valence-corrected chi connectivity index (χ0v) is 29.4. The minimum absolute atomic E-state index is 0.235. The van der Waals surface area contributed by atoms with Crippen molar-refractivity contribution in [2.45, 2.75) is 26.2 Å². The first-order chi connectivity index (χ1) is 25.6. The lowest BCUT2D eigenvalue weighted by Gasteiger charge is -2.29. The quantitative estimate of drug-likeness (QED) is 0.173. The minimum atomic E-state index is 0.235. The standard InChI is InChI=1S/C50H38N2/c1-33-15-9-10-20-40(33)44-32-37(35-25-27-49-45(29-35)41-21-11-13-23-47(41)51(49)38-16-5-3-6-17-38)31-43(34(44)2)36-26-28-50-46(30-36)42-22-12-14-24-48(42)52(50)39-18-7-4-8-19-39/h3-30,32,43H,31H2,1-2H3. The van der Waals surface area contributed by atoms with E-state index in [9.17, 15) is 0 Å². The molecule has 248 valence electrons. The van der Waals surface area contributed by atoms with E-state index in [1.165, 1.54) is 94.0 Å². The maximum atomic E-state index is 2.48. The summed E-state index contributed by atoms with van der Waals surface area (Å²) in [5, 5.41) is 5.15. The molecular weight excluding hydrogens is 629 g/mol. The van der Waals surface area contributed by atoms with Crippen molar-refractivity contribution in [1.82, 2.24) is 9.13 Å². The summed E-state index contributed by atoms with van der Waals surface area (Å²) in [4.78, 5) is 0. The lowest BCUT2D eigenvalue weighted by atomic mass is 9.75. The Morgan fingerprint density at radius 2 is 0.981 bits per heavy atom. The highest BCUT2D eigenvalue weighted by molar-refractivity contribution is 6.11. The molecular formula is C50H38N2. The van der Waals surface area contributed by atoms with Crippen LogP contribution in [0, 0.1) is 6.92 Å². The number of allylic oxidation sites excluding steroid dienone is 4. The number of aromatic nitrogens is 2. The molecule has 0 saturated heterocycles. The zero-order valence-electron chi connectivity index (χ0n) is 29.4. The molecule has 0 N–H and O–H groups in total. The maximum absolute atomic E-state index is 2.48. The fourth-order valence-corrected chi connectivity index (χ4v) is 8.73. The second kappa shape index (κ2) is 12.1. The van der Waals surface area contributed by atoms with Gasteiger partial charge in [-0.1, -0.05) is 121 Å². The Morgan fingerprint density at radius 1 is 0.462 bits per heavy atom. The number of rotatable bonds is 5. The Bertz CT molecular complexity index is 2880. The summed E-state index contributed by atoms with van der Waals surface area (Å²) < 4.78 is 4.81. The predicted molar refractivity (Wildman–Crippen MR) is 221 cm³/mol. The summed E-state index contributed by atoms with van der Waals surface area (Å²) in [5.74, 6) is 0.235. The van der Waals surface area contributed by atoms with E-state index < -0.39 is 0 Å². The molecule has 0 fully saturated rings. The van der Waals surface area contributed by atoms with Gasteiger partial charge in [-0.25, -0.2) is 0 Å². The Hall–Kier alpha value is -6.38. The summed E-state index contributed by atoms with van der Waals surface area (Å²) in [6.45, 7) is 4.59. The Kier molecular flexibility index (Phi) is 7.11. The number of nitrogens with zero attached hydrogens (tertiary/aromatic N) is 2. The third-order valence-electron chi connectivity index (χ3n) is 11.3. The normalized spacial score (nSPS) is 14.9. The van der Waals surface area contributed by atoms with Crippen LogP contribution in [-0.2, 0) is 0 Å². The van der Waals surface area contributed by atoms with Crippen LogP contribution >= 0.6 is 0 Å². The number of aryl methyl sites for hydroxylation is 1. The van der Waals surface area contributed by atoms with Crippen LogP contribution in [0.5, 0.6) is 0 Å². The Morgan fingerprint density at radius 3 is 1.62 bits per heavy atom. The van der Waals surface area contributed by atoms with E-state index >= 15 is 0 Å². The SMILES string of the molecule is CC1=C(c2ccccc2C)C=C(c2ccc3c(c2)c2ccccc2n3-c2ccccc2)CC1c1ccc2c(c1)c1ccccc1n2-c1ccccc1. The Balaban J connectivity index is 1.15. The second-order valence-electron chi connectivity index (χ2n) is 14.2. The molecule has 7 aromatic carbocycles. The molecule has 1 aliphatic carbocycles. The Labute approximate surface area is 304 Å². The van der Waals surface area contributed by atoms with Crippen molar-refractivity contribution in [1.29, 1.82) is 0 Å². The number of fused-ring (bicyclic) bond motifs is 6. The molecule has 0 spiro atoms. The number of benzene rings is 7. The van der Waals surface area contributed by atoms with Crippen molar-refractivity contribution in [3.05, 3.63) is 204 Å². The van der Waals surface area contributed by atoms with Gasteiger partial charge >= 0.3 is 0 Å². The van der Waals surface area contributed by atoms with Crippen LogP contribution in [0.3, 0.4) is 0 Å². The first-order valence-corrected chi connectivity index (χ1v) is 18.3. The van der Waals surface area contributed by atoms with Crippen LogP contribution in [0.4, 0.5) is 0 Å². The summed E-state index contributed by atoms with van der Waals surface area (Å²) in [6.07, 6.45) is 3.42. The molecule has 1 unspecified atom stereocenters. The molecule has 2 nitrogen and oxygen atoms in total. The molecule has 1 atom stereocenters. The third kappa shape index (κ3) is 4.79. The van der Waals surface area contributed by atoms with Crippen LogP contribution in [0.15, 0.2) is 182 Å². The molecule has 0 bridgehead atoms. The molecule has 2 aromatic heterocycles. The van der Waals surface area contributed by atoms with Gasteiger partial charge in [0.25, 0.3) is 0 Å². The van der Waals surface area contributed by atoms with Crippen molar-refractivity contribution < 1.29 is 0 Å². The smallest absolute Gasteiger partial charge is 0.0541 e. The molecule has 1 aliphatic rings. The molecule has 0 saturated carbocycles. The van der Waals surface area contributed by atoms with E-state index in [4.69, 9.17) is 0 Å². The number of para-hydroxylation sites is 4. The van der Waals surface area contributed by atoms with Crippen molar-refractivity contribution in [3.8, 4) is 11.4 Å². The average Bonchev–Trinajstić information content (AvgIpc) is 3.71. The highest BCUT2D eigenvalue weighted by atomic mass is 15.0. The van der Waals surface area contributed by atoms with E-state index in [1.54, 1.807) is 0 Å². The van der Waals surface area contributed by atoms with Crippen LogP contribution in [0.2, 0.25) is 0 Å². The van der Waals surface area contributed by atoms with E-state index in [0.717, 1.165) is 6.42 Å². The van der Waals surface area contributed by atoms with E-state index in [1.807, 2.05) is 0 Å². The molecule has 0 aliphatic heterocycles. The first kappa shape index (κ1) is 30.4. The van der Waals surface area contributed by atoms with E-state index in [0.29, 0.717) is 0 Å². The number of hydrogen-bond acceptors (Lipinski definition) is 0. The summed E-state index contributed by atoms with van der Waals surface area (Å²) in [5.41, 5.74) is 16.7. The minimum Gasteiger partial charge on any atom is -0.309 e. The lowest BCUT2D eigenvalue weighted by Crippen LogP contribution is -2.09. The van der Waals surface area contributed by atoms with Gasteiger partial charge in [0, 0.05) is 38.8 Å². The molecule has 52 heavy (non-hydrogen) atoms. The van der Waals surface area contributed by atoms with Crippen LogP contribution in [-0.4, -0.2) is 9.13 Å². The van der Waals surface area contributed by atoms with Gasteiger partial charge in [-0.2, -0.15) is 0 Å². The maximum Gasteiger partial charge on any atom is 0.0541 e. The fraction of sp³-hybridized carbons (Fsp3) is 0.0800. The van der Waals surface area contributed by atoms with Gasteiger partial charge in [0.1, 0.15) is 0 Å². The number of hydrogen-bond donors (Lipinski definition) is 0. The van der Waals surface area contributed by atoms with Crippen molar-refractivity contribution in [3.63, 3.8) is 0 Å². The predicted octanol–water partition coefficient (Wildman–Crippen LogP) is 13.2. The third-order valence-corrected chi connectivity index (χ3v) is 11.3. The summed E-state index contributed by atoms with van der Waals surface area (Å²) >= 11 is 0. The van der Waals surface area contributed by atoms with Crippen LogP contribution < -0.4 is 0 Å². The molecule has 0 radical (unpaired) electrons. The average molecular weight is 667 g/mol. The van der Waals surface area contributed by atoms with Gasteiger partial charge in [-0.3, -0.25) is 0 Å². The molecule has 10 rings (SSSR count). The largest absolute Gasteiger partial charge is 0.309 e. The topological polar surface area (TPSA) is 9.86 Å². The van der Waals surface area contributed by atoms with E-state index in [-0.39, 0.29) is 5.92 Å². The molecule has 2 heteroatoms. The van der Waals surface area contributed by atoms with Gasteiger partial charge in [-0.15, -0.1) is 0 Å². The van der Waals surface area contributed by atoms with Crippen LogP contribution in [0.1, 0.15) is 41.5 Å². The van der Waals surface area contributed by atoms with Gasteiger partial charge < -0.3 is 9.13 Å². The molecule has 9 aromatic rings. The van der Waals surface area contributed by atoms with E-state index in [2.05, 4.69) is 199 Å². The van der Waals surface area contributed by atoms with Crippen molar-refractivity contribution in [2.75, 3.05) is 0 Å². The van der Waals surface area contributed by atoms with Crippen LogP contribution in [0.25, 0.3) is 66.1 Å². The van der Waals surface area contributed by atoms with Gasteiger partial charge in [-0.05, 0) is 114 Å². The zero-order chi connectivity index (χ0) is 34.8. The monoisotopic (exact) mass is 666 g/mol. The lowest BCUT2D eigenvalue weighted by molar-refractivity contribution is 0.815. The molecule has 2 heterocycles. The second-order valence-corrected chi connectivity index (χ2v) is 14.2. The molecule has 0 amide bonds. The fourth-order valence-electron chi connectivity index (χ4n) is 8.73. The summed E-state index contributed by atoms with van der Waals surface area (Å²) in [6, 6.07) is 62.3. The van der Waals surface area contributed by atoms with Crippen molar-refractivity contribution in [2.24, 2.45) is 0 Å². The van der Waals surface area contributed by atoms with Gasteiger partial charge in [0.15, 0.2) is 0 Å². The van der Waals surface area contributed by atoms with Crippen molar-refractivity contribution >= 4 is 54.8 Å². The van der Waals surface area contributed by atoms with Gasteiger partial charge in [0.05, 0.1) is 22.1 Å².